The Morgan fingerprint density at radius 2 is 2.35 bits per heavy atom. The van der Waals surface area contributed by atoms with Gasteiger partial charge in [-0.1, -0.05) is 15.9 Å². The summed E-state index contributed by atoms with van der Waals surface area (Å²) < 4.78 is 19.7. The van der Waals surface area contributed by atoms with Gasteiger partial charge in [0.15, 0.2) is 0 Å². The number of nitrogens with one attached hydrogen (secondary N) is 1. The summed E-state index contributed by atoms with van der Waals surface area (Å²) in [5.41, 5.74) is 1.01. The van der Waals surface area contributed by atoms with E-state index in [-0.39, 0.29) is 5.82 Å². The minimum atomic E-state index is -0.180. The van der Waals surface area contributed by atoms with Gasteiger partial charge in [-0.2, -0.15) is 0 Å². The van der Waals surface area contributed by atoms with Crippen LogP contribution in [0.1, 0.15) is 12.0 Å². The van der Waals surface area contributed by atoms with E-state index in [1.807, 2.05) is 7.05 Å². The second-order valence-electron chi connectivity index (χ2n) is 4.46. The maximum atomic E-state index is 13.2. The molecule has 1 aromatic rings. The van der Waals surface area contributed by atoms with Crippen LogP contribution in [0.3, 0.4) is 0 Å². The predicted octanol–water partition coefficient (Wildman–Crippen LogP) is 2.76. The van der Waals surface area contributed by atoms with Crippen molar-refractivity contribution in [3.63, 3.8) is 0 Å². The van der Waals surface area contributed by atoms with Gasteiger partial charge in [0.2, 0.25) is 0 Å². The van der Waals surface area contributed by atoms with E-state index >= 15 is 0 Å². The Labute approximate surface area is 110 Å². The summed E-state index contributed by atoms with van der Waals surface area (Å²) in [4.78, 5) is 0. The lowest BCUT2D eigenvalue weighted by Crippen LogP contribution is -2.41. The molecule has 1 fully saturated rings. The first-order chi connectivity index (χ1) is 8.20. The Morgan fingerprint density at radius 3 is 3.12 bits per heavy atom. The lowest BCUT2D eigenvalue weighted by Gasteiger charge is -2.31. The van der Waals surface area contributed by atoms with Crippen LogP contribution in [0.25, 0.3) is 0 Å². The van der Waals surface area contributed by atoms with Crippen molar-refractivity contribution in [2.24, 2.45) is 5.92 Å². The molecule has 1 aliphatic heterocycles. The maximum Gasteiger partial charge on any atom is 0.123 e. The fourth-order valence-electron chi connectivity index (χ4n) is 2.36. The van der Waals surface area contributed by atoms with Crippen LogP contribution < -0.4 is 5.32 Å². The summed E-state index contributed by atoms with van der Waals surface area (Å²) in [6, 6.07) is 5.30. The zero-order chi connectivity index (χ0) is 12.3. The van der Waals surface area contributed by atoms with Crippen molar-refractivity contribution in [1.29, 1.82) is 0 Å². The third-order valence-electron chi connectivity index (χ3n) is 3.33. The molecule has 0 radical (unpaired) electrons. The number of ether oxygens (including phenoxy) is 1. The van der Waals surface area contributed by atoms with E-state index in [1.165, 1.54) is 6.07 Å². The van der Waals surface area contributed by atoms with Crippen LogP contribution in [0.15, 0.2) is 22.7 Å². The molecule has 2 rings (SSSR count). The first-order valence-corrected chi connectivity index (χ1v) is 6.69. The van der Waals surface area contributed by atoms with Gasteiger partial charge in [0.05, 0.1) is 6.61 Å². The molecule has 0 bridgehead atoms. The van der Waals surface area contributed by atoms with Crippen molar-refractivity contribution < 1.29 is 9.13 Å². The average molecular weight is 302 g/mol. The monoisotopic (exact) mass is 301 g/mol. The van der Waals surface area contributed by atoms with Gasteiger partial charge in [-0.25, -0.2) is 4.39 Å². The molecule has 1 aromatic carbocycles. The van der Waals surface area contributed by atoms with E-state index in [0.717, 1.165) is 36.1 Å². The highest BCUT2D eigenvalue weighted by molar-refractivity contribution is 9.10. The molecule has 2 unspecified atom stereocenters. The predicted molar refractivity (Wildman–Crippen MR) is 69.6 cm³/mol. The molecule has 4 heteroatoms. The topological polar surface area (TPSA) is 21.3 Å². The molecule has 0 amide bonds. The molecule has 0 aliphatic carbocycles. The SMILES string of the molecule is CNC1CCOCC1Cc1cc(F)ccc1Br. The molecule has 2 atom stereocenters. The Balaban J connectivity index is 2.10. The van der Waals surface area contributed by atoms with Crippen molar-refractivity contribution in [3.05, 3.63) is 34.1 Å². The summed E-state index contributed by atoms with van der Waals surface area (Å²) in [7, 11) is 1.98. The Kier molecular flexibility index (Phi) is 4.54. The number of halogens is 2. The van der Waals surface area contributed by atoms with Gasteiger partial charge >= 0.3 is 0 Å². The van der Waals surface area contributed by atoms with Crippen LogP contribution in [0.4, 0.5) is 4.39 Å². The Bertz CT molecular complexity index is 386. The van der Waals surface area contributed by atoms with E-state index in [1.54, 1.807) is 12.1 Å². The fraction of sp³-hybridized carbons (Fsp3) is 0.538. The summed E-state index contributed by atoms with van der Waals surface area (Å²) in [5.74, 6) is 0.229. The van der Waals surface area contributed by atoms with Crippen molar-refractivity contribution in [2.45, 2.75) is 18.9 Å². The number of benzene rings is 1. The molecule has 1 N–H and O–H groups in total. The van der Waals surface area contributed by atoms with Crippen molar-refractivity contribution in [1.82, 2.24) is 5.32 Å². The van der Waals surface area contributed by atoms with Gasteiger partial charge in [-0.05, 0) is 43.7 Å². The Morgan fingerprint density at radius 1 is 1.53 bits per heavy atom. The van der Waals surface area contributed by atoms with Gasteiger partial charge < -0.3 is 10.1 Å². The number of hydrogen-bond donors (Lipinski definition) is 1. The molecule has 0 aromatic heterocycles. The molecular weight excluding hydrogens is 285 g/mol. The van der Waals surface area contributed by atoms with Crippen LogP contribution in [-0.2, 0) is 11.2 Å². The normalized spacial score (nSPS) is 24.9. The molecule has 2 nitrogen and oxygen atoms in total. The molecule has 94 valence electrons. The fourth-order valence-corrected chi connectivity index (χ4v) is 2.77. The molecule has 1 aliphatic rings. The van der Waals surface area contributed by atoms with Crippen LogP contribution >= 0.6 is 15.9 Å². The summed E-state index contributed by atoms with van der Waals surface area (Å²) >= 11 is 3.47. The number of rotatable bonds is 3. The van der Waals surface area contributed by atoms with E-state index in [0.29, 0.717) is 12.0 Å². The zero-order valence-electron chi connectivity index (χ0n) is 9.88. The standard InChI is InChI=1S/C13H17BrFNO/c1-16-13-4-5-17-8-10(13)6-9-7-11(15)2-3-12(9)14/h2-3,7,10,13,16H,4-6,8H2,1H3. The Hall–Kier alpha value is -0.450. The molecule has 17 heavy (non-hydrogen) atoms. The highest BCUT2D eigenvalue weighted by Crippen LogP contribution is 2.25. The van der Waals surface area contributed by atoms with Crippen LogP contribution in [0.5, 0.6) is 0 Å². The minimum Gasteiger partial charge on any atom is -0.381 e. The van der Waals surface area contributed by atoms with E-state index in [2.05, 4.69) is 21.2 Å². The van der Waals surface area contributed by atoms with Gasteiger partial charge in [-0.15, -0.1) is 0 Å². The van der Waals surface area contributed by atoms with Gasteiger partial charge in [-0.3, -0.25) is 0 Å². The van der Waals surface area contributed by atoms with Crippen molar-refractivity contribution >= 4 is 15.9 Å². The molecule has 0 spiro atoms. The van der Waals surface area contributed by atoms with Crippen molar-refractivity contribution in [2.75, 3.05) is 20.3 Å². The van der Waals surface area contributed by atoms with Crippen LogP contribution in [-0.4, -0.2) is 26.3 Å². The third kappa shape index (κ3) is 3.27. The van der Waals surface area contributed by atoms with Crippen LogP contribution in [0, 0.1) is 11.7 Å². The number of hydrogen-bond acceptors (Lipinski definition) is 2. The molecule has 1 saturated heterocycles. The molecule has 0 saturated carbocycles. The minimum absolute atomic E-state index is 0.180. The summed E-state index contributed by atoms with van der Waals surface area (Å²) in [6.45, 7) is 1.56. The molecule has 1 heterocycles. The zero-order valence-corrected chi connectivity index (χ0v) is 11.5. The van der Waals surface area contributed by atoms with E-state index in [9.17, 15) is 4.39 Å². The quantitative estimate of drug-likeness (QED) is 0.927. The van der Waals surface area contributed by atoms with Gasteiger partial charge in [0, 0.05) is 23.0 Å². The first-order valence-electron chi connectivity index (χ1n) is 5.89. The highest BCUT2D eigenvalue weighted by Gasteiger charge is 2.25. The lowest BCUT2D eigenvalue weighted by molar-refractivity contribution is 0.0341. The largest absolute Gasteiger partial charge is 0.381 e. The van der Waals surface area contributed by atoms with E-state index < -0.39 is 0 Å². The average Bonchev–Trinajstić information content (AvgIpc) is 2.34. The summed E-state index contributed by atoms with van der Waals surface area (Å²) in [6.07, 6.45) is 1.86. The summed E-state index contributed by atoms with van der Waals surface area (Å²) in [5, 5.41) is 3.32. The highest BCUT2D eigenvalue weighted by atomic mass is 79.9. The molecular formula is C13H17BrFNO. The van der Waals surface area contributed by atoms with E-state index in [4.69, 9.17) is 4.74 Å². The van der Waals surface area contributed by atoms with Crippen LogP contribution in [0.2, 0.25) is 0 Å². The maximum absolute atomic E-state index is 13.2. The first kappa shape index (κ1) is 13.0. The van der Waals surface area contributed by atoms with Gasteiger partial charge in [0.25, 0.3) is 0 Å². The third-order valence-corrected chi connectivity index (χ3v) is 4.11. The second-order valence-corrected chi connectivity index (χ2v) is 5.31. The smallest absolute Gasteiger partial charge is 0.123 e. The van der Waals surface area contributed by atoms with Crippen molar-refractivity contribution in [3.8, 4) is 0 Å². The second kappa shape index (κ2) is 5.94. The lowest BCUT2D eigenvalue weighted by atomic mass is 9.89. The van der Waals surface area contributed by atoms with Gasteiger partial charge in [0.1, 0.15) is 5.82 Å².